The zero-order chi connectivity index (χ0) is 18.6. The number of aromatic amines is 1. The van der Waals surface area contributed by atoms with Gasteiger partial charge in [-0.05, 0) is 41.8 Å². The molecular weight excluding hydrogens is 372 g/mol. The van der Waals surface area contributed by atoms with Gasteiger partial charge in [-0.2, -0.15) is 4.31 Å². The van der Waals surface area contributed by atoms with Crippen LogP contribution in [0.5, 0.6) is 11.5 Å². The van der Waals surface area contributed by atoms with Crippen molar-refractivity contribution in [3.63, 3.8) is 0 Å². The molecule has 0 saturated heterocycles. The van der Waals surface area contributed by atoms with E-state index in [0.717, 1.165) is 11.1 Å². The molecule has 2 aliphatic heterocycles. The average molecular weight is 388 g/mol. The molecule has 5 rings (SSSR count). The van der Waals surface area contributed by atoms with Crippen LogP contribution in [0, 0.1) is 0 Å². The number of H-pyrrole nitrogens is 1. The highest BCUT2D eigenvalue weighted by Crippen LogP contribution is 2.36. The predicted molar refractivity (Wildman–Crippen MR) is 95.6 cm³/mol. The van der Waals surface area contributed by atoms with Crippen molar-refractivity contribution >= 4 is 21.1 Å². The zero-order valence-electron chi connectivity index (χ0n) is 14.2. The fourth-order valence-electron chi connectivity index (χ4n) is 3.51. The summed E-state index contributed by atoms with van der Waals surface area (Å²) < 4.78 is 43.8. The highest BCUT2D eigenvalue weighted by molar-refractivity contribution is 7.89. The number of ether oxygens (including phenoxy) is 2. The molecule has 9 heteroatoms. The monoisotopic (exact) mass is 388 g/mol. The van der Waals surface area contributed by atoms with Crippen LogP contribution in [-0.2, 0) is 23.0 Å². The molecule has 8 nitrogen and oxygen atoms in total. The molecule has 0 saturated carbocycles. The van der Waals surface area contributed by atoms with Crippen molar-refractivity contribution < 1.29 is 22.3 Å². The topological polar surface area (TPSA) is 102 Å². The van der Waals surface area contributed by atoms with Gasteiger partial charge in [-0.1, -0.05) is 0 Å². The Balaban J connectivity index is 1.49. The van der Waals surface area contributed by atoms with Crippen molar-refractivity contribution in [1.29, 1.82) is 0 Å². The third-order valence-corrected chi connectivity index (χ3v) is 6.71. The van der Waals surface area contributed by atoms with Crippen LogP contribution < -0.4 is 15.2 Å². The Morgan fingerprint density at radius 1 is 1.00 bits per heavy atom. The molecule has 0 spiro atoms. The Kier molecular flexibility index (Phi) is 3.56. The van der Waals surface area contributed by atoms with E-state index in [1.54, 1.807) is 0 Å². The number of aromatic nitrogens is 1. The molecule has 0 atom stereocenters. The summed E-state index contributed by atoms with van der Waals surface area (Å²) in [5.41, 5.74) is 2.66. The van der Waals surface area contributed by atoms with Gasteiger partial charge in [-0.25, -0.2) is 13.2 Å². The van der Waals surface area contributed by atoms with Crippen LogP contribution in [0.3, 0.4) is 0 Å². The first-order valence-corrected chi connectivity index (χ1v) is 9.99. The van der Waals surface area contributed by atoms with Crippen molar-refractivity contribution in [3.05, 3.63) is 52.0 Å². The maximum absolute atomic E-state index is 13.1. The number of nitrogens with one attached hydrogen (secondary N) is 1. The molecule has 3 aromatic rings. The molecule has 2 aromatic carbocycles. The third-order valence-electron chi connectivity index (χ3n) is 4.87. The molecule has 2 aliphatic rings. The van der Waals surface area contributed by atoms with Crippen LogP contribution in [0.4, 0.5) is 0 Å². The second kappa shape index (κ2) is 5.86. The zero-order valence-corrected chi connectivity index (χ0v) is 15.0. The Bertz CT molecular complexity index is 1210. The van der Waals surface area contributed by atoms with Gasteiger partial charge in [0, 0.05) is 19.2 Å². The maximum Gasteiger partial charge on any atom is 0.417 e. The van der Waals surface area contributed by atoms with Gasteiger partial charge in [0.05, 0.1) is 10.4 Å². The standard InChI is InChI=1S/C18H16N2O6S/c21-18-19-14-2-1-13(9-15(14)26-18)27(22,23)20-4-3-11-7-16-17(8-12(11)10-20)25-6-5-24-16/h1-2,7-9H,3-6,10H2,(H,19,21). The van der Waals surface area contributed by atoms with E-state index in [0.29, 0.717) is 43.2 Å². The molecule has 3 heterocycles. The summed E-state index contributed by atoms with van der Waals surface area (Å²) in [6.07, 6.45) is 0.590. The first-order valence-electron chi connectivity index (χ1n) is 8.55. The lowest BCUT2D eigenvalue weighted by Gasteiger charge is -2.30. The van der Waals surface area contributed by atoms with Crippen molar-refractivity contribution in [2.45, 2.75) is 17.9 Å². The van der Waals surface area contributed by atoms with Crippen LogP contribution in [-0.4, -0.2) is 37.5 Å². The number of fused-ring (bicyclic) bond motifs is 3. The smallest absolute Gasteiger partial charge is 0.417 e. The minimum Gasteiger partial charge on any atom is -0.486 e. The van der Waals surface area contributed by atoms with E-state index in [4.69, 9.17) is 13.9 Å². The third kappa shape index (κ3) is 2.70. The molecule has 140 valence electrons. The number of benzene rings is 2. The van der Waals surface area contributed by atoms with E-state index >= 15 is 0 Å². The van der Waals surface area contributed by atoms with E-state index in [2.05, 4.69) is 4.98 Å². The van der Waals surface area contributed by atoms with Gasteiger partial charge >= 0.3 is 5.76 Å². The largest absolute Gasteiger partial charge is 0.486 e. The summed E-state index contributed by atoms with van der Waals surface area (Å²) in [6.45, 7) is 1.62. The molecule has 0 radical (unpaired) electrons. The number of hydrogen-bond acceptors (Lipinski definition) is 6. The highest BCUT2D eigenvalue weighted by atomic mass is 32.2. The summed E-state index contributed by atoms with van der Waals surface area (Å²) in [6, 6.07) is 8.19. The van der Waals surface area contributed by atoms with Gasteiger partial charge in [0.2, 0.25) is 10.0 Å². The van der Waals surface area contributed by atoms with Crippen molar-refractivity contribution in [3.8, 4) is 11.5 Å². The van der Waals surface area contributed by atoms with Crippen LogP contribution in [0.15, 0.2) is 44.4 Å². The molecule has 0 unspecified atom stereocenters. The van der Waals surface area contributed by atoms with E-state index in [1.807, 2.05) is 12.1 Å². The van der Waals surface area contributed by atoms with Crippen molar-refractivity contribution in [2.75, 3.05) is 19.8 Å². The maximum atomic E-state index is 13.1. The number of oxazole rings is 1. The van der Waals surface area contributed by atoms with Gasteiger partial charge in [-0.3, -0.25) is 4.98 Å². The van der Waals surface area contributed by atoms with Gasteiger partial charge in [-0.15, -0.1) is 0 Å². The van der Waals surface area contributed by atoms with Gasteiger partial charge in [0.25, 0.3) is 0 Å². The second-order valence-corrected chi connectivity index (χ2v) is 8.46. The average Bonchev–Trinajstić information content (AvgIpc) is 3.05. The molecule has 0 bridgehead atoms. The first-order chi connectivity index (χ1) is 13.0. The Hall–Kier alpha value is -2.78. The lowest BCUT2D eigenvalue weighted by molar-refractivity contribution is 0.171. The van der Waals surface area contributed by atoms with Crippen molar-refractivity contribution in [2.24, 2.45) is 0 Å². The normalized spacial score (nSPS) is 17.0. The quantitative estimate of drug-likeness (QED) is 0.716. The van der Waals surface area contributed by atoms with E-state index in [1.165, 1.54) is 22.5 Å². The lowest BCUT2D eigenvalue weighted by atomic mass is 10.00. The molecule has 1 N–H and O–H groups in total. The highest BCUT2D eigenvalue weighted by Gasteiger charge is 2.30. The number of hydrogen-bond donors (Lipinski definition) is 1. The number of sulfonamides is 1. The lowest BCUT2D eigenvalue weighted by Crippen LogP contribution is -2.36. The Morgan fingerprint density at radius 2 is 1.74 bits per heavy atom. The SMILES string of the molecule is O=c1[nH]c2ccc(S(=O)(=O)N3CCc4cc5c(cc4C3)OCCO5)cc2o1. The van der Waals surface area contributed by atoms with E-state index < -0.39 is 15.8 Å². The summed E-state index contributed by atoms with van der Waals surface area (Å²) in [7, 11) is -3.72. The van der Waals surface area contributed by atoms with Crippen LogP contribution in [0.25, 0.3) is 11.1 Å². The molecule has 1 aromatic heterocycles. The number of nitrogens with zero attached hydrogens (tertiary/aromatic N) is 1. The summed E-state index contributed by atoms with van der Waals surface area (Å²) >= 11 is 0. The molecule has 0 aliphatic carbocycles. The summed E-state index contributed by atoms with van der Waals surface area (Å²) in [5.74, 6) is 0.748. The van der Waals surface area contributed by atoms with E-state index in [-0.39, 0.29) is 17.0 Å². The first kappa shape index (κ1) is 16.4. The van der Waals surface area contributed by atoms with Gasteiger partial charge in [0.15, 0.2) is 17.1 Å². The van der Waals surface area contributed by atoms with Crippen molar-refractivity contribution in [1.82, 2.24) is 9.29 Å². The van der Waals surface area contributed by atoms with Crippen LogP contribution in [0.1, 0.15) is 11.1 Å². The van der Waals surface area contributed by atoms with Gasteiger partial charge in [0.1, 0.15) is 13.2 Å². The Morgan fingerprint density at radius 3 is 2.52 bits per heavy atom. The minimum absolute atomic E-state index is 0.0961. The number of rotatable bonds is 2. The summed E-state index contributed by atoms with van der Waals surface area (Å²) in [5, 5.41) is 0. The van der Waals surface area contributed by atoms with Crippen LogP contribution >= 0.6 is 0 Å². The van der Waals surface area contributed by atoms with Crippen LogP contribution in [0.2, 0.25) is 0 Å². The summed E-state index contributed by atoms with van der Waals surface area (Å²) in [4.78, 5) is 13.9. The molecule has 27 heavy (non-hydrogen) atoms. The van der Waals surface area contributed by atoms with E-state index in [9.17, 15) is 13.2 Å². The Labute approximate surface area is 154 Å². The predicted octanol–water partition coefficient (Wildman–Crippen LogP) is 1.64. The second-order valence-electron chi connectivity index (χ2n) is 6.53. The van der Waals surface area contributed by atoms with Gasteiger partial charge < -0.3 is 13.9 Å². The molecule has 0 amide bonds. The molecular formula is C18H16N2O6S. The fraction of sp³-hybridized carbons (Fsp3) is 0.278. The fourth-order valence-corrected chi connectivity index (χ4v) is 4.94. The minimum atomic E-state index is -3.72. The molecule has 0 fully saturated rings.